The average Bonchev–Trinajstić information content (AvgIpc) is 2.50. The number of benzene rings is 1. The molecule has 0 unspecified atom stereocenters. The topological polar surface area (TPSA) is 49.4 Å². The minimum Gasteiger partial charge on any atom is -0.344 e. The second-order valence-corrected chi connectivity index (χ2v) is 7.72. The molecule has 2 amide bonds. The van der Waals surface area contributed by atoms with E-state index in [-0.39, 0.29) is 17.7 Å². The number of carbonyl (C=O) groups excluding carboxylic acids is 2. The van der Waals surface area contributed by atoms with Gasteiger partial charge >= 0.3 is 0 Å². The fraction of sp³-hybridized carbons (Fsp3) is 0.579. The third-order valence-electron chi connectivity index (χ3n) is 4.34. The first-order valence-corrected chi connectivity index (χ1v) is 8.36. The van der Waals surface area contributed by atoms with Crippen LogP contribution in [0.25, 0.3) is 0 Å². The molecule has 0 saturated carbocycles. The molecule has 1 aromatic carbocycles. The second kappa shape index (κ2) is 6.73. The molecule has 23 heavy (non-hydrogen) atoms. The van der Waals surface area contributed by atoms with E-state index in [0.717, 1.165) is 6.42 Å². The van der Waals surface area contributed by atoms with Crippen LogP contribution in [0, 0.1) is 11.3 Å². The van der Waals surface area contributed by atoms with Crippen LogP contribution in [0.3, 0.4) is 0 Å². The molecule has 0 spiro atoms. The highest BCUT2D eigenvalue weighted by Gasteiger charge is 2.33. The molecule has 1 aliphatic rings. The first kappa shape index (κ1) is 17.5. The van der Waals surface area contributed by atoms with Crippen LogP contribution in [0.4, 0.5) is 0 Å². The minimum absolute atomic E-state index is 0.0205. The molecule has 1 atom stereocenters. The van der Waals surface area contributed by atoms with E-state index in [9.17, 15) is 9.59 Å². The van der Waals surface area contributed by atoms with Crippen LogP contribution in [0.1, 0.15) is 45.7 Å². The summed E-state index contributed by atoms with van der Waals surface area (Å²) in [5.41, 5.74) is 2.02. The van der Waals surface area contributed by atoms with Gasteiger partial charge in [0, 0.05) is 18.5 Å². The first-order valence-electron chi connectivity index (χ1n) is 8.36. The van der Waals surface area contributed by atoms with Gasteiger partial charge in [-0.25, -0.2) is 0 Å². The Morgan fingerprint density at radius 3 is 2.30 bits per heavy atom. The molecule has 126 valence electrons. The van der Waals surface area contributed by atoms with Crippen molar-refractivity contribution in [1.29, 1.82) is 0 Å². The van der Waals surface area contributed by atoms with Gasteiger partial charge in [-0.05, 0) is 23.5 Å². The van der Waals surface area contributed by atoms with Gasteiger partial charge in [0.1, 0.15) is 6.04 Å². The summed E-state index contributed by atoms with van der Waals surface area (Å²) in [5.74, 6) is 0.0000305. The number of rotatable bonds is 3. The summed E-state index contributed by atoms with van der Waals surface area (Å²) in [6, 6.07) is 7.78. The van der Waals surface area contributed by atoms with Gasteiger partial charge in [-0.1, -0.05) is 58.9 Å². The molecule has 0 aromatic heterocycles. The molecule has 0 aliphatic carbocycles. The highest BCUT2D eigenvalue weighted by molar-refractivity contribution is 5.90. The zero-order valence-electron chi connectivity index (χ0n) is 14.8. The second-order valence-electron chi connectivity index (χ2n) is 7.72. The normalized spacial score (nSPS) is 16.0. The van der Waals surface area contributed by atoms with Gasteiger partial charge in [-0.15, -0.1) is 0 Å². The predicted octanol–water partition coefficient (Wildman–Crippen LogP) is 2.76. The highest BCUT2D eigenvalue weighted by Crippen LogP contribution is 2.21. The van der Waals surface area contributed by atoms with Crippen LogP contribution in [-0.4, -0.2) is 29.3 Å². The number of carbonyl (C=O) groups is 2. The third-order valence-corrected chi connectivity index (χ3v) is 4.34. The van der Waals surface area contributed by atoms with Crippen molar-refractivity contribution < 1.29 is 9.59 Å². The molecule has 1 heterocycles. The fourth-order valence-corrected chi connectivity index (χ4v) is 2.75. The van der Waals surface area contributed by atoms with Crippen LogP contribution in [0.2, 0.25) is 0 Å². The smallest absolute Gasteiger partial charge is 0.245 e. The number of hydrogen-bond acceptors (Lipinski definition) is 2. The maximum absolute atomic E-state index is 12.9. The van der Waals surface area contributed by atoms with Gasteiger partial charge in [0.25, 0.3) is 0 Å². The van der Waals surface area contributed by atoms with E-state index >= 15 is 0 Å². The van der Waals surface area contributed by atoms with Crippen LogP contribution >= 0.6 is 0 Å². The minimum atomic E-state index is -0.498. The van der Waals surface area contributed by atoms with Crippen LogP contribution in [0.5, 0.6) is 0 Å². The largest absolute Gasteiger partial charge is 0.344 e. The Morgan fingerprint density at radius 1 is 1.13 bits per heavy atom. The standard InChI is InChI=1S/C19H28N2O2/c1-13(2)16(20-18(23)19(3,4)5)17(22)21-11-10-14-8-6-7-9-15(14)12-21/h6-9,13,16H,10-12H2,1-5H3,(H,20,23)/t16-/m0/s1. The van der Waals surface area contributed by atoms with E-state index < -0.39 is 11.5 Å². The van der Waals surface area contributed by atoms with Crippen molar-refractivity contribution >= 4 is 11.8 Å². The molecule has 1 aromatic rings. The molecule has 2 rings (SSSR count). The quantitative estimate of drug-likeness (QED) is 0.932. The number of hydrogen-bond donors (Lipinski definition) is 1. The molecule has 0 radical (unpaired) electrons. The van der Waals surface area contributed by atoms with Crippen LogP contribution < -0.4 is 5.32 Å². The SMILES string of the molecule is CC(C)[C@H](NC(=O)C(C)(C)C)C(=O)N1CCc2ccccc2C1. The number of fused-ring (bicyclic) bond motifs is 1. The van der Waals surface area contributed by atoms with Crippen molar-refractivity contribution in [2.45, 2.75) is 53.6 Å². The molecule has 4 nitrogen and oxygen atoms in total. The number of amides is 2. The zero-order valence-corrected chi connectivity index (χ0v) is 14.8. The maximum Gasteiger partial charge on any atom is 0.245 e. The molecule has 0 fully saturated rings. The number of nitrogens with one attached hydrogen (secondary N) is 1. The summed E-state index contributed by atoms with van der Waals surface area (Å²) in [6.45, 7) is 10.9. The Kier molecular flexibility index (Phi) is 5.12. The maximum atomic E-state index is 12.9. The summed E-state index contributed by atoms with van der Waals surface area (Å²) in [4.78, 5) is 27.1. The molecular weight excluding hydrogens is 288 g/mol. The number of nitrogens with zero attached hydrogens (tertiary/aromatic N) is 1. The summed E-state index contributed by atoms with van der Waals surface area (Å²) in [5, 5.41) is 2.95. The summed E-state index contributed by atoms with van der Waals surface area (Å²) >= 11 is 0. The van der Waals surface area contributed by atoms with Gasteiger partial charge in [0.05, 0.1) is 0 Å². The van der Waals surface area contributed by atoms with Crippen LogP contribution in [0.15, 0.2) is 24.3 Å². The van der Waals surface area contributed by atoms with Crippen LogP contribution in [-0.2, 0) is 22.6 Å². The fourth-order valence-electron chi connectivity index (χ4n) is 2.75. The lowest BCUT2D eigenvalue weighted by Crippen LogP contribution is -2.54. The van der Waals surface area contributed by atoms with E-state index in [0.29, 0.717) is 13.1 Å². The Balaban J connectivity index is 2.12. The van der Waals surface area contributed by atoms with Gasteiger partial charge in [0.15, 0.2) is 0 Å². The Labute approximate surface area is 139 Å². The molecule has 1 aliphatic heterocycles. The molecule has 1 N–H and O–H groups in total. The summed E-state index contributed by atoms with van der Waals surface area (Å²) in [6.07, 6.45) is 0.875. The van der Waals surface area contributed by atoms with Crippen molar-refractivity contribution in [3.8, 4) is 0 Å². The van der Waals surface area contributed by atoms with E-state index in [1.54, 1.807) is 0 Å². The lowest BCUT2D eigenvalue weighted by molar-refractivity contribution is -0.140. The van der Waals surface area contributed by atoms with E-state index in [1.165, 1.54) is 11.1 Å². The molecule has 0 saturated heterocycles. The summed E-state index contributed by atoms with van der Waals surface area (Å²) < 4.78 is 0. The van der Waals surface area contributed by atoms with Gasteiger partial charge in [-0.2, -0.15) is 0 Å². The lowest BCUT2D eigenvalue weighted by atomic mass is 9.93. The van der Waals surface area contributed by atoms with Crippen molar-refractivity contribution in [1.82, 2.24) is 10.2 Å². The van der Waals surface area contributed by atoms with Crippen molar-refractivity contribution in [2.75, 3.05) is 6.54 Å². The monoisotopic (exact) mass is 316 g/mol. The predicted molar refractivity (Wildman–Crippen MR) is 91.8 cm³/mol. The van der Waals surface area contributed by atoms with Gasteiger partial charge in [-0.3, -0.25) is 9.59 Å². The molecular formula is C19H28N2O2. The van der Waals surface area contributed by atoms with E-state index in [4.69, 9.17) is 0 Å². The molecule has 4 heteroatoms. The van der Waals surface area contributed by atoms with E-state index in [2.05, 4.69) is 17.4 Å². The van der Waals surface area contributed by atoms with Gasteiger partial charge in [0.2, 0.25) is 11.8 Å². The Hall–Kier alpha value is -1.84. The lowest BCUT2D eigenvalue weighted by Gasteiger charge is -2.34. The van der Waals surface area contributed by atoms with Crippen molar-refractivity contribution in [2.24, 2.45) is 11.3 Å². The Bertz CT molecular complexity index is 587. The highest BCUT2D eigenvalue weighted by atomic mass is 16.2. The van der Waals surface area contributed by atoms with E-state index in [1.807, 2.05) is 51.7 Å². The Morgan fingerprint density at radius 2 is 1.74 bits per heavy atom. The zero-order chi connectivity index (χ0) is 17.2. The van der Waals surface area contributed by atoms with Gasteiger partial charge < -0.3 is 10.2 Å². The first-order chi connectivity index (χ1) is 10.7. The third kappa shape index (κ3) is 4.12. The van der Waals surface area contributed by atoms with Crippen molar-refractivity contribution in [3.63, 3.8) is 0 Å². The average molecular weight is 316 g/mol. The molecule has 0 bridgehead atoms. The summed E-state index contributed by atoms with van der Waals surface area (Å²) in [7, 11) is 0. The van der Waals surface area contributed by atoms with Crippen molar-refractivity contribution in [3.05, 3.63) is 35.4 Å².